The van der Waals surface area contributed by atoms with Crippen molar-refractivity contribution in [3.8, 4) is 17.9 Å². The van der Waals surface area contributed by atoms with Crippen molar-refractivity contribution in [1.82, 2.24) is 9.55 Å². The normalized spacial score (nSPS) is 15.4. The molecule has 170 valence electrons. The molecule has 0 bridgehead atoms. The number of pyridine rings is 1. The number of aromatic nitrogens is 2. The van der Waals surface area contributed by atoms with Gasteiger partial charge in [-0.25, -0.2) is 4.98 Å². The number of nitrogens with zero attached hydrogens (tertiary/aromatic N) is 5. The van der Waals surface area contributed by atoms with Crippen LogP contribution in [0, 0.1) is 29.6 Å². The van der Waals surface area contributed by atoms with E-state index in [1.165, 1.54) is 10.6 Å². The van der Waals surface area contributed by atoms with Crippen molar-refractivity contribution in [2.75, 3.05) is 18.0 Å². The van der Waals surface area contributed by atoms with Gasteiger partial charge < -0.3 is 19.0 Å². The summed E-state index contributed by atoms with van der Waals surface area (Å²) in [5.41, 5.74) is 3.11. The Hall–Kier alpha value is -4.30. The number of aryl methyl sites for hydroxylation is 2. The van der Waals surface area contributed by atoms with Crippen LogP contribution in [0.4, 0.5) is 5.69 Å². The van der Waals surface area contributed by atoms with Crippen LogP contribution in [0.15, 0.2) is 39.5 Å². The van der Waals surface area contributed by atoms with Gasteiger partial charge in [-0.1, -0.05) is 13.0 Å². The Morgan fingerprint density at radius 3 is 2.56 bits per heavy atom. The molecule has 0 radical (unpaired) electrons. The topological polar surface area (TPSA) is 119 Å². The highest BCUT2D eigenvalue weighted by Crippen LogP contribution is 2.40. The number of phenolic OH excluding ortho intramolecular Hbond substituents is 1. The van der Waals surface area contributed by atoms with E-state index in [0.717, 1.165) is 16.7 Å². The van der Waals surface area contributed by atoms with Crippen molar-refractivity contribution in [2.45, 2.75) is 32.1 Å². The third-order valence-corrected chi connectivity index (χ3v) is 6.96. The average molecular weight is 454 g/mol. The van der Waals surface area contributed by atoms with Crippen LogP contribution in [0.3, 0.4) is 0 Å². The van der Waals surface area contributed by atoms with E-state index in [2.05, 4.69) is 13.0 Å². The van der Waals surface area contributed by atoms with Gasteiger partial charge in [0.1, 0.15) is 29.0 Å². The summed E-state index contributed by atoms with van der Waals surface area (Å²) in [6.45, 7) is 5.30. The summed E-state index contributed by atoms with van der Waals surface area (Å²) in [4.78, 5) is 19.7. The Morgan fingerprint density at radius 2 is 1.88 bits per heavy atom. The Labute approximate surface area is 195 Å². The summed E-state index contributed by atoms with van der Waals surface area (Å²) in [5.74, 6) is 0.497. The summed E-state index contributed by atoms with van der Waals surface area (Å²) in [6, 6.07) is 13.0. The molecule has 34 heavy (non-hydrogen) atoms. The number of hydrogen-bond acceptors (Lipinski definition) is 7. The molecule has 8 heteroatoms. The van der Waals surface area contributed by atoms with Crippen molar-refractivity contribution in [1.29, 1.82) is 10.5 Å². The van der Waals surface area contributed by atoms with E-state index < -0.39 is 5.56 Å². The lowest BCUT2D eigenvalue weighted by molar-refractivity contribution is 0.292. The minimum Gasteiger partial charge on any atom is -0.506 e. The molecule has 2 aromatic carbocycles. The van der Waals surface area contributed by atoms with Crippen molar-refractivity contribution < 1.29 is 9.52 Å². The Kier molecular flexibility index (Phi) is 4.84. The number of piperidine rings is 1. The molecule has 5 rings (SSSR count). The van der Waals surface area contributed by atoms with Crippen LogP contribution >= 0.6 is 0 Å². The first kappa shape index (κ1) is 21.5. The fourth-order valence-corrected chi connectivity index (χ4v) is 4.81. The van der Waals surface area contributed by atoms with Crippen LogP contribution in [0.1, 0.15) is 42.3 Å². The molecule has 0 atom stereocenters. The molecule has 2 aromatic heterocycles. The number of aromatic hydroxyl groups is 1. The second kappa shape index (κ2) is 7.64. The Morgan fingerprint density at radius 1 is 1.15 bits per heavy atom. The van der Waals surface area contributed by atoms with Gasteiger partial charge in [-0.05, 0) is 43.5 Å². The second-order valence-electron chi connectivity index (χ2n) is 9.24. The second-order valence-corrected chi connectivity index (χ2v) is 9.24. The number of rotatable bonds is 2. The van der Waals surface area contributed by atoms with Crippen molar-refractivity contribution >= 4 is 27.7 Å². The fraction of sp³-hybridized carbons (Fsp3) is 0.308. The molecule has 1 fully saturated rings. The maximum absolute atomic E-state index is 13.0. The van der Waals surface area contributed by atoms with Crippen LogP contribution in [0.5, 0.6) is 5.75 Å². The van der Waals surface area contributed by atoms with Gasteiger partial charge in [0.2, 0.25) is 5.89 Å². The number of oxazole rings is 1. The average Bonchev–Trinajstić information content (AvgIpc) is 3.26. The lowest BCUT2D eigenvalue weighted by Crippen LogP contribution is -2.42. The number of anilines is 1. The molecular formula is C26H23N5O3. The SMILES string of the molecule is Cc1ccc2oc(C3(C)CCN(c4c(C#N)c(=O)n(C)c5cc(O)c(C#N)cc45)CC3)nc2c1. The van der Waals surface area contributed by atoms with Crippen molar-refractivity contribution in [2.24, 2.45) is 7.05 Å². The van der Waals surface area contributed by atoms with Gasteiger partial charge in [0.05, 0.1) is 16.8 Å². The summed E-state index contributed by atoms with van der Waals surface area (Å²) in [6.07, 6.45) is 1.42. The van der Waals surface area contributed by atoms with Crippen LogP contribution in [0.25, 0.3) is 22.0 Å². The Bertz CT molecular complexity index is 1610. The van der Waals surface area contributed by atoms with Gasteiger partial charge in [0.15, 0.2) is 5.58 Å². The molecule has 4 aromatic rings. The summed E-state index contributed by atoms with van der Waals surface area (Å²) in [5, 5.41) is 30.1. The standard InChI is InChI=1S/C26H23N5O3/c1-15-4-5-22-19(10-15)29-25(34-22)26(2)6-8-31(9-7-26)23-17-11-16(13-27)21(32)12-20(17)30(3)24(33)18(23)14-28/h4-5,10-12,32H,6-9H2,1-3H3. The highest BCUT2D eigenvalue weighted by molar-refractivity contribution is 5.96. The van der Waals surface area contributed by atoms with Gasteiger partial charge in [0, 0.05) is 37.0 Å². The maximum Gasteiger partial charge on any atom is 0.270 e. The third-order valence-electron chi connectivity index (χ3n) is 6.96. The minimum atomic E-state index is -0.434. The van der Waals surface area contributed by atoms with Gasteiger partial charge in [-0.2, -0.15) is 10.5 Å². The molecule has 0 unspecified atom stereocenters. The monoisotopic (exact) mass is 453 g/mol. The van der Waals surface area contributed by atoms with Gasteiger partial charge >= 0.3 is 0 Å². The number of hydrogen-bond donors (Lipinski definition) is 1. The highest BCUT2D eigenvalue weighted by atomic mass is 16.3. The first-order valence-corrected chi connectivity index (χ1v) is 11.1. The number of phenols is 1. The molecule has 8 nitrogen and oxygen atoms in total. The van der Waals surface area contributed by atoms with E-state index in [0.29, 0.717) is 48.4 Å². The first-order valence-electron chi connectivity index (χ1n) is 11.1. The molecule has 1 N–H and O–H groups in total. The molecule has 0 saturated carbocycles. The zero-order valence-corrected chi connectivity index (χ0v) is 19.2. The number of nitriles is 2. The van der Waals surface area contributed by atoms with Gasteiger partial charge in [-0.15, -0.1) is 0 Å². The number of benzene rings is 2. The van der Waals surface area contributed by atoms with E-state index in [1.54, 1.807) is 13.1 Å². The molecule has 1 saturated heterocycles. The van der Waals surface area contributed by atoms with Crippen molar-refractivity contribution in [3.05, 3.63) is 63.3 Å². The van der Waals surface area contributed by atoms with Crippen molar-refractivity contribution in [3.63, 3.8) is 0 Å². The van der Waals surface area contributed by atoms with Crippen LogP contribution in [-0.2, 0) is 12.5 Å². The molecular weight excluding hydrogens is 430 g/mol. The Balaban J connectivity index is 1.57. The van der Waals surface area contributed by atoms with E-state index in [1.807, 2.05) is 36.1 Å². The van der Waals surface area contributed by atoms with E-state index >= 15 is 0 Å². The van der Waals surface area contributed by atoms with E-state index in [9.17, 15) is 20.4 Å². The molecule has 3 heterocycles. The molecule has 0 amide bonds. The lowest BCUT2D eigenvalue weighted by Gasteiger charge is -2.39. The largest absolute Gasteiger partial charge is 0.506 e. The predicted molar refractivity (Wildman–Crippen MR) is 128 cm³/mol. The predicted octanol–water partition coefficient (Wildman–Crippen LogP) is 4.00. The zero-order chi connectivity index (χ0) is 24.2. The summed E-state index contributed by atoms with van der Waals surface area (Å²) < 4.78 is 7.44. The minimum absolute atomic E-state index is 0.0329. The zero-order valence-electron chi connectivity index (χ0n) is 19.2. The van der Waals surface area contributed by atoms with E-state index in [4.69, 9.17) is 9.40 Å². The van der Waals surface area contributed by atoms with E-state index in [-0.39, 0.29) is 22.3 Å². The van der Waals surface area contributed by atoms with Crippen LogP contribution in [0.2, 0.25) is 0 Å². The van der Waals surface area contributed by atoms with Crippen LogP contribution < -0.4 is 10.5 Å². The first-order chi connectivity index (χ1) is 16.3. The van der Waals surface area contributed by atoms with Gasteiger partial charge in [-0.3, -0.25) is 4.79 Å². The smallest absolute Gasteiger partial charge is 0.270 e. The highest BCUT2D eigenvalue weighted by Gasteiger charge is 2.37. The quantitative estimate of drug-likeness (QED) is 0.487. The molecule has 1 aliphatic heterocycles. The lowest BCUT2D eigenvalue weighted by atomic mass is 9.80. The molecule has 1 aliphatic rings. The number of fused-ring (bicyclic) bond motifs is 2. The maximum atomic E-state index is 13.0. The van der Waals surface area contributed by atoms with Crippen LogP contribution in [-0.4, -0.2) is 27.7 Å². The fourth-order valence-electron chi connectivity index (χ4n) is 4.81. The summed E-state index contributed by atoms with van der Waals surface area (Å²) in [7, 11) is 1.56. The summed E-state index contributed by atoms with van der Waals surface area (Å²) >= 11 is 0. The molecule has 0 spiro atoms. The van der Waals surface area contributed by atoms with Gasteiger partial charge in [0.25, 0.3) is 5.56 Å². The third kappa shape index (κ3) is 3.19. The molecule has 0 aliphatic carbocycles.